The smallest absolute Gasteiger partial charge is 0.449 e. The maximum atomic E-state index is 12.0. The normalized spacial score (nSPS) is 11.4. The van der Waals surface area contributed by atoms with Crippen LogP contribution in [-0.2, 0) is 6.18 Å². The van der Waals surface area contributed by atoms with E-state index in [-0.39, 0.29) is 5.75 Å². The van der Waals surface area contributed by atoms with Crippen LogP contribution in [0.1, 0.15) is 5.76 Å². The summed E-state index contributed by atoms with van der Waals surface area (Å²) in [6.07, 6.45) is -4.67. The van der Waals surface area contributed by atoms with Gasteiger partial charge in [0.2, 0.25) is 5.76 Å². The summed E-state index contributed by atoms with van der Waals surface area (Å²) in [5, 5.41) is 0. The van der Waals surface area contributed by atoms with E-state index in [2.05, 4.69) is 9.15 Å². The lowest BCUT2D eigenvalue weighted by atomic mass is 10.3. The minimum absolute atomic E-state index is 0.177. The molecule has 72 valence electrons. The van der Waals surface area contributed by atoms with Crippen LogP contribution in [0.15, 0.2) is 21.3 Å². The van der Waals surface area contributed by atoms with Crippen LogP contribution in [0.5, 0.6) is 5.75 Å². The van der Waals surface area contributed by atoms with Crippen molar-refractivity contribution in [3.05, 3.63) is 28.3 Å². The maximum absolute atomic E-state index is 12.0. The van der Waals surface area contributed by atoms with Gasteiger partial charge in [-0.3, -0.25) is 0 Å². The second-order valence-electron chi connectivity index (χ2n) is 2.18. The van der Waals surface area contributed by atoms with Crippen molar-refractivity contribution in [1.29, 1.82) is 0 Å². The van der Waals surface area contributed by atoms with Crippen LogP contribution in [-0.4, -0.2) is 7.11 Å². The first-order valence-electron chi connectivity index (χ1n) is 3.20. The molecule has 1 aromatic rings. The van der Waals surface area contributed by atoms with Gasteiger partial charge in [-0.05, 0) is 0 Å². The summed E-state index contributed by atoms with van der Waals surface area (Å²) < 4.78 is 44.4. The summed E-state index contributed by atoms with van der Waals surface area (Å²) in [6, 6.07) is 1.44. The van der Waals surface area contributed by atoms with Gasteiger partial charge in [0.1, 0.15) is 5.75 Å². The molecule has 6 heteroatoms. The minimum atomic E-state index is -4.67. The van der Waals surface area contributed by atoms with E-state index < -0.39 is 17.6 Å². The Hall–Kier alpha value is -1.46. The van der Waals surface area contributed by atoms with Gasteiger partial charge < -0.3 is 9.15 Å². The molecule has 0 aliphatic heterocycles. The largest absolute Gasteiger partial charge is 0.496 e. The fraction of sp³-hybridized carbons (Fsp3) is 0.286. The molecule has 0 unspecified atom stereocenters. The summed E-state index contributed by atoms with van der Waals surface area (Å²) in [5.74, 6) is -1.54. The van der Waals surface area contributed by atoms with Crippen LogP contribution >= 0.6 is 0 Å². The van der Waals surface area contributed by atoms with Gasteiger partial charge in [0.05, 0.1) is 13.2 Å². The monoisotopic (exact) mass is 194 g/mol. The predicted molar refractivity (Wildman–Crippen MR) is 36.5 cm³/mol. The van der Waals surface area contributed by atoms with Gasteiger partial charge >= 0.3 is 11.8 Å². The molecule has 1 rings (SSSR count). The van der Waals surface area contributed by atoms with Crippen LogP contribution in [0.4, 0.5) is 13.2 Å². The Balaban J connectivity index is 3.24. The average Bonchev–Trinajstić information content (AvgIpc) is 2.01. The Bertz CT molecular complexity index is 353. The van der Waals surface area contributed by atoms with Crippen molar-refractivity contribution in [3.8, 4) is 5.75 Å². The number of alkyl halides is 3. The van der Waals surface area contributed by atoms with Gasteiger partial charge in [-0.1, -0.05) is 0 Å². The molecule has 0 atom stereocenters. The number of hydrogen-bond acceptors (Lipinski definition) is 3. The summed E-state index contributed by atoms with van der Waals surface area (Å²) >= 11 is 0. The number of ether oxygens (including phenoxy) is 1. The lowest BCUT2D eigenvalue weighted by Crippen LogP contribution is -2.10. The van der Waals surface area contributed by atoms with Crippen LogP contribution in [0.3, 0.4) is 0 Å². The molecule has 0 saturated heterocycles. The Morgan fingerprint density at radius 2 is 2.00 bits per heavy atom. The highest BCUT2D eigenvalue weighted by Gasteiger charge is 2.34. The molecule has 0 aliphatic rings. The third kappa shape index (κ3) is 2.24. The van der Waals surface area contributed by atoms with E-state index >= 15 is 0 Å². The minimum Gasteiger partial charge on any atom is -0.496 e. The third-order valence-electron chi connectivity index (χ3n) is 1.26. The molecule has 1 aromatic heterocycles. The van der Waals surface area contributed by atoms with E-state index in [0.29, 0.717) is 6.07 Å². The van der Waals surface area contributed by atoms with Gasteiger partial charge in [0.15, 0.2) is 0 Å². The maximum Gasteiger partial charge on any atom is 0.449 e. The molecular weight excluding hydrogens is 189 g/mol. The van der Waals surface area contributed by atoms with Crippen LogP contribution in [0.25, 0.3) is 0 Å². The number of hydrogen-bond donors (Lipinski definition) is 0. The molecule has 0 aliphatic carbocycles. The number of rotatable bonds is 1. The Labute approximate surface area is 70.7 Å². The summed E-state index contributed by atoms with van der Waals surface area (Å²) in [4.78, 5) is 10.6. The lowest BCUT2D eigenvalue weighted by molar-refractivity contribution is -0.154. The van der Waals surface area contributed by atoms with E-state index in [0.717, 1.165) is 13.2 Å². The molecule has 0 fully saturated rings. The molecule has 0 saturated carbocycles. The molecule has 13 heavy (non-hydrogen) atoms. The number of methoxy groups -OCH3 is 1. The van der Waals surface area contributed by atoms with Gasteiger partial charge in [-0.2, -0.15) is 13.2 Å². The van der Waals surface area contributed by atoms with Crippen molar-refractivity contribution in [2.45, 2.75) is 6.18 Å². The van der Waals surface area contributed by atoms with Gasteiger partial charge in [-0.15, -0.1) is 0 Å². The second kappa shape index (κ2) is 3.12. The zero-order valence-electron chi connectivity index (χ0n) is 6.51. The van der Waals surface area contributed by atoms with Gasteiger partial charge in [-0.25, -0.2) is 4.79 Å². The quantitative estimate of drug-likeness (QED) is 0.682. The number of halogens is 3. The Kier molecular flexibility index (Phi) is 2.31. The first kappa shape index (κ1) is 9.63. The molecule has 1 heterocycles. The highest BCUT2D eigenvalue weighted by Crippen LogP contribution is 2.29. The molecule has 0 spiro atoms. The van der Waals surface area contributed by atoms with Crippen molar-refractivity contribution in [3.63, 3.8) is 0 Å². The standard InChI is InChI=1S/C7H5F3O3/c1-12-4-2-5(7(8,9)10)13-6(11)3-4/h2-3H,1H3. The van der Waals surface area contributed by atoms with E-state index in [4.69, 9.17) is 0 Å². The van der Waals surface area contributed by atoms with Crippen LogP contribution < -0.4 is 10.4 Å². The van der Waals surface area contributed by atoms with E-state index in [1.807, 2.05) is 0 Å². The Morgan fingerprint density at radius 3 is 2.46 bits per heavy atom. The highest BCUT2D eigenvalue weighted by atomic mass is 19.4. The Morgan fingerprint density at radius 1 is 1.38 bits per heavy atom. The molecule has 0 radical (unpaired) electrons. The zero-order valence-corrected chi connectivity index (χ0v) is 6.51. The second-order valence-corrected chi connectivity index (χ2v) is 2.18. The lowest BCUT2D eigenvalue weighted by Gasteiger charge is -2.05. The van der Waals surface area contributed by atoms with E-state index in [1.165, 1.54) is 0 Å². The first-order valence-corrected chi connectivity index (χ1v) is 3.20. The SMILES string of the molecule is COc1cc(C(F)(F)F)oc(=O)c1. The highest BCUT2D eigenvalue weighted by molar-refractivity contribution is 5.21. The summed E-state index contributed by atoms with van der Waals surface area (Å²) in [5.41, 5.74) is -1.09. The third-order valence-corrected chi connectivity index (χ3v) is 1.26. The summed E-state index contributed by atoms with van der Waals surface area (Å²) in [6.45, 7) is 0. The average molecular weight is 194 g/mol. The summed E-state index contributed by atoms with van der Waals surface area (Å²) in [7, 11) is 1.16. The van der Waals surface area contributed by atoms with Crippen molar-refractivity contribution in [1.82, 2.24) is 0 Å². The first-order chi connectivity index (χ1) is 5.93. The topological polar surface area (TPSA) is 39.4 Å². The predicted octanol–water partition coefficient (Wildman–Crippen LogP) is 1.67. The molecule has 0 N–H and O–H groups in total. The van der Waals surface area contributed by atoms with Crippen molar-refractivity contribution in [2.24, 2.45) is 0 Å². The van der Waals surface area contributed by atoms with Crippen molar-refractivity contribution in [2.75, 3.05) is 7.11 Å². The zero-order chi connectivity index (χ0) is 10.1. The van der Waals surface area contributed by atoms with Crippen molar-refractivity contribution >= 4 is 0 Å². The van der Waals surface area contributed by atoms with Crippen LogP contribution in [0, 0.1) is 0 Å². The molecular formula is C7H5F3O3. The fourth-order valence-electron chi connectivity index (χ4n) is 0.712. The van der Waals surface area contributed by atoms with Crippen molar-refractivity contribution < 1.29 is 22.3 Å². The van der Waals surface area contributed by atoms with E-state index in [9.17, 15) is 18.0 Å². The fourth-order valence-corrected chi connectivity index (χ4v) is 0.712. The molecule has 0 bridgehead atoms. The van der Waals surface area contributed by atoms with Gasteiger partial charge in [0.25, 0.3) is 0 Å². The van der Waals surface area contributed by atoms with Crippen LogP contribution in [0.2, 0.25) is 0 Å². The van der Waals surface area contributed by atoms with E-state index in [1.54, 1.807) is 0 Å². The molecule has 0 amide bonds. The van der Waals surface area contributed by atoms with Gasteiger partial charge in [0, 0.05) is 6.07 Å². The molecule has 0 aromatic carbocycles. The molecule has 3 nitrogen and oxygen atoms in total.